The van der Waals surface area contributed by atoms with Crippen molar-refractivity contribution in [2.45, 2.75) is 76.9 Å². The van der Waals surface area contributed by atoms with E-state index < -0.39 is 52.0 Å². The summed E-state index contributed by atoms with van der Waals surface area (Å²) in [5.41, 5.74) is 0.854. The second kappa shape index (κ2) is 10.3. The van der Waals surface area contributed by atoms with Crippen molar-refractivity contribution < 1.29 is 36.2 Å². The van der Waals surface area contributed by atoms with Crippen LogP contribution in [0.3, 0.4) is 0 Å². The summed E-state index contributed by atoms with van der Waals surface area (Å²) in [7, 11) is 0. The molecule has 45 heavy (non-hydrogen) atoms. The number of hydrogen-bond donors (Lipinski definition) is 3. The van der Waals surface area contributed by atoms with Crippen molar-refractivity contribution in [2.75, 3.05) is 30.3 Å². The Morgan fingerprint density at radius 1 is 1.22 bits per heavy atom. The number of anilines is 2. The number of alkyl halides is 3. The molecule has 2 bridgehead atoms. The number of pyridine rings is 1. The molecule has 7 rings (SSSR count). The highest BCUT2D eigenvalue weighted by Gasteiger charge is 2.48. The van der Waals surface area contributed by atoms with Gasteiger partial charge in [0.2, 0.25) is 11.8 Å². The molecule has 1 aliphatic carbocycles. The Morgan fingerprint density at radius 3 is 2.67 bits per heavy atom. The molecule has 2 aromatic heterocycles. The molecule has 1 amide bonds. The summed E-state index contributed by atoms with van der Waals surface area (Å²) in [5.74, 6) is -2.43. The standard InChI is InChI=1S/C30H32F5N7O3/c1-12-20(30(33,34)35)16(8-17(36)21(12)31)23-22(32)24-19-26(41-28(40-24)44-11-29(6-7-29)10-37-14(3)43)42-9-15-4-5-18(38-15)25(42)13(2)45-27(19)39-23/h8,13,15,18,25,38H,4-7,9-11,36H2,1-3H3,(H,37,43)/t13-,15+,18-,25+/m0/s1. The number of halogens is 5. The molecule has 0 unspecified atom stereocenters. The largest absolute Gasteiger partial charge is 0.472 e. The molecule has 10 nitrogen and oxygen atoms in total. The number of hydrogen-bond acceptors (Lipinski definition) is 9. The monoisotopic (exact) mass is 633 g/mol. The minimum absolute atomic E-state index is 0.0236. The normalized spacial score (nSPS) is 24.6. The summed E-state index contributed by atoms with van der Waals surface area (Å²) in [5, 5.41) is 6.50. The van der Waals surface area contributed by atoms with E-state index in [9.17, 15) is 22.4 Å². The first-order valence-corrected chi connectivity index (χ1v) is 14.9. The van der Waals surface area contributed by atoms with Gasteiger partial charge in [0, 0.05) is 43.1 Å². The number of carbonyl (C=O) groups excluding carboxylic acids is 1. The number of benzene rings is 1. The van der Waals surface area contributed by atoms with Gasteiger partial charge in [-0.25, -0.2) is 13.8 Å². The topological polar surface area (TPSA) is 128 Å². The summed E-state index contributed by atoms with van der Waals surface area (Å²) in [6.45, 7) is 5.23. The molecule has 2 saturated heterocycles. The van der Waals surface area contributed by atoms with E-state index >= 15 is 4.39 Å². The van der Waals surface area contributed by atoms with Crippen LogP contribution in [0.5, 0.6) is 11.9 Å². The Kier molecular flexibility index (Phi) is 6.77. The van der Waals surface area contributed by atoms with E-state index in [4.69, 9.17) is 20.2 Å². The molecule has 240 valence electrons. The van der Waals surface area contributed by atoms with Crippen LogP contribution >= 0.6 is 0 Å². The van der Waals surface area contributed by atoms with E-state index in [2.05, 4.69) is 20.6 Å². The Hall–Kier alpha value is -4.01. The molecule has 3 aromatic rings. The van der Waals surface area contributed by atoms with E-state index in [1.54, 1.807) is 0 Å². The number of carbonyl (C=O) groups is 1. The summed E-state index contributed by atoms with van der Waals surface area (Å²) in [6, 6.07) is 0.492. The highest BCUT2D eigenvalue weighted by molar-refractivity contribution is 5.97. The average Bonchev–Trinajstić information content (AvgIpc) is 3.68. The minimum Gasteiger partial charge on any atom is -0.472 e. The van der Waals surface area contributed by atoms with Crippen LogP contribution in [0.4, 0.5) is 33.5 Å². The van der Waals surface area contributed by atoms with Gasteiger partial charge in [0.05, 0.1) is 23.9 Å². The minimum atomic E-state index is -5.05. The number of nitrogens with one attached hydrogen (secondary N) is 2. The lowest BCUT2D eigenvalue weighted by atomic mass is 9.96. The summed E-state index contributed by atoms with van der Waals surface area (Å²) < 4.78 is 86.6. The first-order chi connectivity index (χ1) is 21.3. The van der Waals surface area contributed by atoms with E-state index in [1.165, 1.54) is 6.92 Å². The molecule has 3 aliphatic heterocycles. The SMILES string of the molecule is CC(=O)NCC1(COc2nc3c4c(nc(-c5cc(N)c(F)c(C)c5C(F)(F)F)c(F)c4n2)O[C@@H](C)[C@@H]2[C@@H]4CC[C@H](CN32)N4)CC1. The van der Waals surface area contributed by atoms with Gasteiger partial charge < -0.3 is 30.7 Å². The first-order valence-electron chi connectivity index (χ1n) is 14.9. The van der Waals surface area contributed by atoms with Crippen LogP contribution in [-0.2, 0) is 11.0 Å². The lowest BCUT2D eigenvalue weighted by Crippen LogP contribution is -2.62. The molecule has 0 spiro atoms. The highest BCUT2D eigenvalue weighted by Crippen LogP contribution is 2.48. The van der Waals surface area contributed by atoms with Crippen LogP contribution < -0.4 is 30.7 Å². The van der Waals surface area contributed by atoms with Crippen molar-refractivity contribution in [3.63, 3.8) is 0 Å². The van der Waals surface area contributed by atoms with Gasteiger partial charge in [-0.1, -0.05) is 0 Å². The fourth-order valence-electron chi connectivity index (χ4n) is 6.98. The number of nitrogen functional groups attached to an aromatic ring is 1. The second-order valence-corrected chi connectivity index (χ2v) is 12.7. The summed E-state index contributed by atoms with van der Waals surface area (Å²) >= 11 is 0. The quantitative estimate of drug-likeness (QED) is 0.270. The predicted molar refractivity (Wildman–Crippen MR) is 154 cm³/mol. The number of aromatic nitrogens is 3. The molecule has 4 atom stereocenters. The number of nitrogens with zero attached hydrogens (tertiary/aromatic N) is 4. The van der Waals surface area contributed by atoms with Gasteiger partial charge in [-0.2, -0.15) is 23.1 Å². The van der Waals surface area contributed by atoms with E-state index in [0.717, 1.165) is 38.7 Å². The first kappa shape index (κ1) is 29.7. The van der Waals surface area contributed by atoms with Crippen molar-refractivity contribution in [3.8, 4) is 23.1 Å². The Morgan fingerprint density at radius 2 is 1.98 bits per heavy atom. The van der Waals surface area contributed by atoms with E-state index in [-0.39, 0.29) is 58.8 Å². The third kappa shape index (κ3) is 4.95. The third-order valence-electron chi connectivity index (χ3n) is 9.47. The molecule has 0 radical (unpaired) electrons. The van der Waals surface area contributed by atoms with Crippen molar-refractivity contribution in [2.24, 2.45) is 5.41 Å². The molecule has 3 fully saturated rings. The Labute approximate surface area is 254 Å². The number of nitrogens with two attached hydrogens (primary N) is 1. The van der Waals surface area contributed by atoms with Crippen LogP contribution in [0.25, 0.3) is 22.2 Å². The number of fused-ring (bicyclic) bond motifs is 5. The summed E-state index contributed by atoms with van der Waals surface area (Å²) in [4.78, 5) is 26.9. The Bertz CT molecular complexity index is 1730. The highest BCUT2D eigenvalue weighted by atomic mass is 19.4. The zero-order valence-electron chi connectivity index (χ0n) is 24.8. The van der Waals surface area contributed by atoms with Gasteiger partial charge in [0.25, 0.3) is 0 Å². The maximum atomic E-state index is 16.7. The number of amides is 1. The molecule has 1 saturated carbocycles. The zero-order valence-corrected chi connectivity index (χ0v) is 24.8. The molecule has 4 aliphatic rings. The number of ether oxygens (including phenoxy) is 2. The maximum absolute atomic E-state index is 16.7. The van der Waals surface area contributed by atoms with Crippen molar-refractivity contribution in [1.29, 1.82) is 0 Å². The predicted octanol–water partition coefficient (Wildman–Crippen LogP) is 4.26. The van der Waals surface area contributed by atoms with Crippen LogP contribution in [0.15, 0.2) is 6.07 Å². The lowest BCUT2D eigenvalue weighted by Gasteiger charge is -2.42. The Balaban J connectivity index is 1.42. The number of rotatable bonds is 6. The van der Waals surface area contributed by atoms with Crippen molar-refractivity contribution in [1.82, 2.24) is 25.6 Å². The van der Waals surface area contributed by atoms with Crippen LogP contribution in [0.2, 0.25) is 0 Å². The van der Waals surface area contributed by atoms with Crippen LogP contribution in [0.1, 0.15) is 50.7 Å². The van der Waals surface area contributed by atoms with Crippen LogP contribution in [0, 0.1) is 24.0 Å². The fraction of sp³-hybridized carbons (Fsp3) is 0.533. The van der Waals surface area contributed by atoms with Crippen LogP contribution in [-0.4, -0.2) is 64.8 Å². The molecular weight excluding hydrogens is 601 g/mol. The maximum Gasteiger partial charge on any atom is 0.417 e. The molecule has 5 heterocycles. The van der Waals surface area contributed by atoms with Gasteiger partial charge in [0.15, 0.2) is 5.82 Å². The lowest BCUT2D eigenvalue weighted by molar-refractivity contribution is -0.137. The third-order valence-corrected chi connectivity index (χ3v) is 9.47. The molecule has 15 heteroatoms. The van der Waals surface area contributed by atoms with E-state index in [0.29, 0.717) is 18.9 Å². The fourth-order valence-corrected chi connectivity index (χ4v) is 6.98. The second-order valence-electron chi connectivity index (χ2n) is 12.7. The van der Waals surface area contributed by atoms with Gasteiger partial charge in [-0.05, 0) is 51.2 Å². The van der Waals surface area contributed by atoms with Gasteiger partial charge in [-0.15, -0.1) is 0 Å². The van der Waals surface area contributed by atoms with Crippen molar-refractivity contribution in [3.05, 3.63) is 28.8 Å². The van der Waals surface area contributed by atoms with Crippen molar-refractivity contribution >= 4 is 28.3 Å². The van der Waals surface area contributed by atoms with Gasteiger partial charge in [0.1, 0.15) is 34.3 Å². The summed E-state index contributed by atoms with van der Waals surface area (Å²) in [6.07, 6.45) is -2.19. The van der Waals surface area contributed by atoms with Gasteiger partial charge >= 0.3 is 12.2 Å². The van der Waals surface area contributed by atoms with Gasteiger partial charge in [-0.3, -0.25) is 4.79 Å². The average molecular weight is 634 g/mol. The zero-order chi connectivity index (χ0) is 32.0. The molecule has 1 aromatic carbocycles. The van der Waals surface area contributed by atoms with E-state index in [1.807, 2.05) is 11.8 Å². The number of piperazine rings is 1. The molecular formula is C30H32F5N7O3. The molecule has 4 N–H and O–H groups in total. The smallest absolute Gasteiger partial charge is 0.417 e.